The molecule has 1 N–H and O–H groups in total. The van der Waals surface area contributed by atoms with Crippen molar-refractivity contribution in [1.29, 1.82) is 0 Å². The quantitative estimate of drug-likeness (QED) is 0.835. The molecular weight excluding hydrogens is 248 g/mol. The molecule has 1 heterocycles. The van der Waals surface area contributed by atoms with Crippen LogP contribution in [-0.4, -0.2) is 11.5 Å². The number of nitrogens with zero attached hydrogens (tertiary/aromatic N) is 1. The number of hydrogen-bond donors (Lipinski definition) is 1. The van der Waals surface area contributed by atoms with Gasteiger partial charge in [-0.15, -0.1) is 0 Å². The third-order valence-electron chi connectivity index (χ3n) is 2.70. The van der Waals surface area contributed by atoms with Crippen molar-refractivity contribution in [3.63, 3.8) is 0 Å². The van der Waals surface area contributed by atoms with Crippen molar-refractivity contribution in [3.05, 3.63) is 40.7 Å². The van der Waals surface area contributed by atoms with Gasteiger partial charge in [0.15, 0.2) is 0 Å². The molecule has 0 aliphatic rings. The molecule has 18 heavy (non-hydrogen) atoms. The second-order valence-corrected chi connectivity index (χ2v) is 4.72. The predicted molar refractivity (Wildman–Crippen MR) is 73.7 cm³/mol. The summed E-state index contributed by atoms with van der Waals surface area (Å²) in [6.45, 7) is 5.87. The number of hydrogen-bond acceptors (Lipinski definition) is 3. The van der Waals surface area contributed by atoms with E-state index >= 15 is 0 Å². The van der Waals surface area contributed by atoms with Crippen molar-refractivity contribution in [2.45, 2.75) is 26.8 Å². The molecule has 0 unspecified atom stereocenters. The van der Waals surface area contributed by atoms with Gasteiger partial charge >= 0.3 is 0 Å². The Bertz CT molecular complexity index is 522. The summed E-state index contributed by atoms with van der Waals surface area (Å²) in [7, 11) is 0. The topological polar surface area (TPSA) is 38.1 Å². The number of benzene rings is 1. The van der Waals surface area contributed by atoms with Gasteiger partial charge in [-0.2, -0.15) is 0 Å². The Morgan fingerprint density at radius 3 is 2.94 bits per heavy atom. The Labute approximate surface area is 112 Å². The largest absolute Gasteiger partial charge is 0.444 e. The highest BCUT2D eigenvalue weighted by atomic mass is 35.5. The zero-order valence-corrected chi connectivity index (χ0v) is 11.4. The van der Waals surface area contributed by atoms with Crippen molar-refractivity contribution in [3.8, 4) is 11.5 Å². The highest BCUT2D eigenvalue weighted by Gasteiger charge is 2.09. The fourth-order valence-corrected chi connectivity index (χ4v) is 2.00. The van der Waals surface area contributed by atoms with Gasteiger partial charge in [0.1, 0.15) is 6.26 Å². The van der Waals surface area contributed by atoms with E-state index in [1.807, 2.05) is 25.1 Å². The average Bonchev–Trinajstić information content (AvgIpc) is 2.78. The Morgan fingerprint density at radius 2 is 2.22 bits per heavy atom. The number of aromatic nitrogens is 1. The maximum atomic E-state index is 5.93. The van der Waals surface area contributed by atoms with E-state index in [0.29, 0.717) is 5.89 Å². The fourth-order valence-electron chi connectivity index (χ4n) is 1.77. The van der Waals surface area contributed by atoms with Crippen LogP contribution in [0.3, 0.4) is 0 Å². The minimum absolute atomic E-state index is 0.650. The van der Waals surface area contributed by atoms with Gasteiger partial charge in [0.05, 0.1) is 5.69 Å². The van der Waals surface area contributed by atoms with Crippen LogP contribution in [0.25, 0.3) is 11.5 Å². The standard InChI is InChI=1S/C14H17ClN2O/c1-3-6-16-8-12-9-18-14(17-12)13-5-4-11(15)7-10(13)2/h4-5,7,9,16H,3,6,8H2,1-2H3. The Morgan fingerprint density at radius 1 is 1.39 bits per heavy atom. The smallest absolute Gasteiger partial charge is 0.226 e. The van der Waals surface area contributed by atoms with Gasteiger partial charge in [-0.05, 0) is 43.7 Å². The van der Waals surface area contributed by atoms with Gasteiger partial charge in [0, 0.05) is 17.1 Å². The van der Waals surface area contributed by atoms with Crippen LogP contribution < -0.4 is 5.32 Å². The molecule has 0 radical (unpaired) electrons. The summed E-state index contributed by atoms with van der Waals surface area (Å²) in [5, 5.41) is 4.03. The lowest BCUT2D eigenvalue weighted by molar-refractivity contribution is 0.569. The predicted octanol–water partition coefficient (Wildman–Crippen LogP) is 3.80. The first-order chi connectivity index (χ1) is 8.70. The van der Waals surface area contributed by atoms with Crippen LogP contribution in [0.15, 0.2) is 28.9 Å². The molecule has 2 aromatic rings. The van der Waals surface area contributed by atoms with Crippen molar-refractivity contribution in [1.82, 2.24) is 10.3 Å². The monoisotopic (exact) mass is 264 g/mol. The Hall–Kier alpha value is -1.32. The minimum atomic E-state index is 0.650. The van der Waals surface area contributed by atoms with Gasteiger partial charge in [0.25, 0.3) is 0 Å². The molecule has 0 bridgehead atoms. The minimum Gasteiger partial charge on any atom is -0.444 e. The van der Waals surface area contributed by atoms with Gasteiger partial charge in [-0.3, -0.25) is 0 Å². The first-order valence-electron chi connectivity index (χ1n) is 6.12. The second-order valence-electron chi connectivity index (χ2n) is 4.28. The molecule has 0 spiro atoms. The summed E-state index contributed by atoms with van der Waals surface area (Å²) >= 11 is 5.93. The zero-order chi connectivity index (χ0) is 13.0. The SMILES string of the molecule is CCCNCc1coc(-c2ccc(Cl)cc2C)n1. The second kappa shape index (κ2) is 6.03. The number of aryl methyl sites for hydroxylation is 1. The van der Waals surface area contributed by atoms with Crippen LogP contribution in [0.1, 0.15) is 24.6 Å². The van der Waals surface area contributed by atoms with Gasteiger partial charge < -0.3 is 9.73 Å². The molecule has 1 aromatic heterocycles. The number of nitrogens with one attached hydrogen (secondary N) is 1. The zero-order valence-electron chi connectivity index (χ0n) is 10.7. The first-order valence-corrected chi connectivity index (χ1v) is 6.50. The third kappa shape index (κ3) is 3.12. The number of halogens is 1. The molecule has 4 heteroatoms. The van der Waals surface area contributed by atoms with E-state index in [1.165, 1.54) is 0 Å². The lowest BCUT2D eigenvalue weighted by Crippen LogP contribution is -2.13. The van der Waals surface area contributed by atoms with Gasteiger partial charge in [-0.1, -0.05) is 18.5 Å². The number of oxazole rings is 1. The van der Waals surface area contributed by atoms with Crippen LogP contribution in [0.4, 0.5) is 0 Å². The summed E-state index contributed by atoms with van der Waals surface area (Å²) in [6.07, 6.45) is 2.81. The van der Waals surface area contributed by atoms with Crippen LogP contribution in [0, 0.1) is 6.92 Å². The van der Waals surface area contributed by atoms with E-state index in [1.54, 1.807) is 6.26 Å². The molecule has 2 rings (SSSR count). The third-order valence-corrected chi connectivity index (χ3v) is 2.94. The van der Waals surface area contributed by atoms with Gasteiger partial charge in [-0.25, -0.2) is 4.98 Å². The molecule has 0 aliphatic carbocycles. The first kappa shape index (κ1) is 13.1. The lowest BCUT2D eigenvalue weighted by atomic mass is 10.1. The van der Waals surface area contributed by atoms with Crippen LogP contribution in [0.2, 0.25) is 5.02 Å². The molecular formula is C14H17ClN2O. The summed E-state index contributed by atoms with van der Waals surface area (Å²) in [5.41, 5.74) is 2.98. The summed E-state index contributed by atoms with van der Waals surface area (Å²) in [5.74, 6) is 0.650. The molecule has 0 saturated heterocycles. The molecule has 3 nitrogen and oxygen atoms in total. The summed E-state index contributed by atoms with van der Waals surface area (Å²) in [6, 6.07) is 5.70. The maximum Gasteiger partial charge on any atom is 0.226 e. The van der Waals surface area contributed by atoms with Crippen LogP contribution in [-0.2, 0) is 6.54 Å². The molecule has 0 saturated carbocycles. The van der Waals surface area contributed by atoms with E-state index in [9.17, 15) is 0 Å². The summed E-state index contributed by atoms with van der Waals surface area (Å²) < 4.78 is 5.51. The van der Waals surface area contributed by atoms with Crippen molar-refractivity contribution < 1.29 is 4.42 Å². The number of rotatable bonds is 5. The van der Waals surface area contributed by atoms with Gasteiger partial charge in [0.2, 0.25) is 5.89 Å². The molecule has 0 amide bonds. The maximum absolute atomic E-state index is 5.93. The molecule has 96 valence electrons. The molecule has 1 aromatic carbocycles. The fraction of sp³-hybridized carbons (Fsp3) is 0.357. The van der Waals surface area contributed by atoms with Crippen molar-refractivity contribution in [2.24, 2.45) is 0 Å². The van der Waals surface area contributed by atoms with Crippen molar-refractivity contribution >= 4 is 11.6 Å². The van der Waals surface area contributed by atoms with Crippen molar-refractivity contribution in [2.75, 3.05) is 6.54 Å². The Balaban J connectivity index is 2.13. The highest BCUT2D eigenvalue weighted by molar-refractivity contribution is 6.30. The Kier molecular flexibility index (Phi) is 4.39. The van der Waals surface area contributed by atoms with E-state index < -0.39 is 0 Å². The highest BCUT2D eigenvalue weighted by Crippen LogP contribution is 2.25. The van der Waals surface area contributed by atoms with Crippen LogP contribution >= 0.6 is 11.6 Å². The van der Waals surface area contributed by atoms with Crippen LogP contribution in [0.5, 0.6) is 0 Å². The lowest BCUT2D eigenvalue weighted by Gasteiger charge is -2.01. The average molecular weight is 265 g/mol. The summed E-state index contributed by atoms with van der Waals surface area (Å²) in [4.78, 5) is 4.47. The van der Waals surface area contributed by atoms with E-state index in [0.717, 1.165) is 41.4 Å². The van der Waals surface area contributed by atoms with E-state index in [-0.39, 0.29) is 0 Å². The molecule has 0 fully saturated rings. The van der Waals surface area contributed by atoms with E-state index in [2.05, 4.69) is 17.2 Å². The van der Waals surface area contributed by atoms with E-state index in [4.69, 9.17) is 16.0 Å². The molecule has 0 aliphatic heterocycles. The normalized spacial score (nSPS) is 10.8. The molecule has 0 atom stereocenters.